The van der Waals surface area contributed by atoms with Gasteiger partial charge < -0.3 is 19.9 Å². The number of aromatic nitrogens is 2. The van der Waals surface area contributed by atoms with Crippen LogP contribution in [0.15, 0.2) is 83.8 Å². The van der Waals surface area contributed by atoms with Crippen LogP contribution in [0, 0.1) is 0 Å². The van der Waals surface area contributed by atoms with E-state index in [0.29, 0.717) is 58.9 Å². The summed E-state index contributed by atoms with van der Waals surface area (Å²) in [6, 6.07) is 20.4. The summed E-state index contributed by atoms with van der Waals surface area (Å²) in [5, 5.41) is 8.43. The summed E-state index contributed by atoms with van der Waals surface area (Å²) in [5.41, 5.74) is 1.07. The van der Waals surface area contributed by atoms with E-state index in [-0.39, 0.29) is 23.3 Å². The van der Waals surface area contributed by atoms with E-state index in [1.165, 1.54) is 17.8 Å². The molecule has 11 heteroatoms. The van der Waals surface area contributed by atoms with Crippen LogP contribution in [0.25, 0.3) is 5.69 Å². The van der Waals surface area contributed by atoms with Gasteiger partial charge in [-0.15, -0.1) is 0 Å². The van der Waals surface area contributed by atoms with E-state index in [1.807, 2.05) is 0 Å². The van der Waals surface area contributed by atoms with E-state index in [4.69, 9.17) is 27.9 Å². The van der Waals surface area contributed by atoms with Gasteiger partial charge in [0.1, 0.15) is 5.75 Å². The van der Waals surface area contributed by atoms with Crippen LogP contribution >= 0.6 is 23.2 Å². The Balaban J connectivity index is 1.47. The lowest BCUT2D eigenvalue weighted by Gasteiger charge is -2.34. The SMILES string of the molecule is CC(=O)N1CCN(C(=O)c2cccc(Nc3c(Oc4ccc(Cl)cc4)cnn(-c4cccc(Cl)c4)c3=O)c2)CC1. The minimum absolute atomic E-state index is 0.00398. The smallest absolute Gasteiger partial charge is 0.299 e. The maximum atomic E-state index is 13.7. The molecular formula is C29H25Cl2N5O4. The molecule has 9 nitrogen and oxygen atoms in total. The van der Waals surface area contributed by atoms with Crippen LogP contribution in [-0.2, 0) is 4.79 Å². The average molecular weight is 578 g/mol. The fourth-order valence-electron chi connectivity index (χ4n) is 4.33. The first kappa shape index (κ1) is 27.2. The summed E-state index contributed by atoms with van der Waals surface area (Å²) in [5.74, 6) is 0.483. The summed E-state index contributed by atoms with van der Waals surface area (Å²) in [4.78, 5) is 42.0. The van der Waals surface area contributed by atoms with E-state index in [9.17, 15) is 14.4 Å². The van der Waals surface area contributed by atoms with Crippen LogP contribution < -0.4 is 15.6 Å². The molecule has 1 aliphatic heterocycles. The first-order valence-corrected chi connectivity index (χ1v) is 13.3. The number of amides is 2. The third-order valence-corrected chi connectivity index (χ3v) is 6.92. The Morgan fingerprint density at radius 2 is 1.57 bits per heavy atom. The molecule has 1 N–H and O–H groups in total. The first-order chi connectivity index (χ1) is 19.3. The van der Waals surface area contributed by atoms with Gasteiger partial charge in [-0.3, -0.25) is 14.4 Å². The van der Waals surface area contributed by atoms with Crippen molar-refractivity contribution in [1.29, 1.82) is 0 Å². The van der Waals surface area contributed by atoms with Crippen LogP contribution in [0.3, 0.4) is 0 Å². The lowest BCUT2D eigenvalue weighted by molar-refractivity contribution is -0.130. The maximum absolute atomic E-state index is 13.7. The molecule has 0 aliphatic carbocycles. The van der Waals surface area contributed by atoms with E-state index in [2.05, 4.69) is 10.4 Å². The summed E-state index contributed by atoms with van der Waals surface area (Å²) in [7, 11) is 0. The number of rotatable bonds is 6. The Morgan fingerprint density at radius 3 is 2.27 bits per heavy atom. The summed E-state index contributed by atoms with van der Waals surface area (Å²) >= 11 is 12.2. The van der Waals surface area contributed by atoms with Gasteiger partial charge in [-0.2, -0.15) is 9.78 Å². The maximum Gasteiger partial charge on any atom is 0.299 e. The quantitative estimate of drug-likeness (QED) is 0.330. The van der Waals surface area contributed by atoms with Gasteiger partial charge in [0.25, 0.3) is 11.5 Å². The number of benzene rings is 3. The van der Waals surface area contributed by atoms with Crippen LogP contribution in [0.5, 0.6) is 11.5 Å². The van der Waals surface area contributed by atoms with Gasteiger partial charge >= 0.3 is 0 Å². The second kappa shape index (κ2) is 11.8. The van der Waals surface area contributed by atoms with Crippen LogP contribution in [0.2, 0.25) is 10.0 Å². The number of nitrogens with one attached hydrogen (secondary N) is 1. The number of piperazine rings is 1. The number of hydrogen-bond acceptors (Lipinski definition) is 6. The van der Waals surface area contributed by atoms with Crippen molar-refractivity contribution in [1.82, 2.24) is 19.6 Å². The van der Waals surface area contributed by atoms with Gasteiger partial charge in [-0.1, -0.05) is 35.3 Å². The standard InChI is InChI=1S/C29H25Cl2N5O4/c1-19(37)34-12-14-35(15-13-34)28(38)20-4-2-6-23(16-20)33-27-26(40-25-10-8-21(30)9-11-25)18-32-36(29(27)39)24-7-3-5-22(31)17-24/h2-11,16-18,33H,12-15H2,1H3. The van der Waals surface area contributed by atoms with E-state index < -0.39 is 5.56 Å². The molecule has 3 aromatic carbocycles. The average Bonchev–Trinajstić information content (AvgIpc) is 2.96. The zero-order valence-electron chi connectivity index (χ0n) is 21.5. The molecule has 1 saturated heterocycles. The Labute approximate surface area is 240 Å². The van der Waals surface area contributed by atoms with Gasteiger partial charge in [0.05, 0.1) is 11.9 Å². The number of carbonyl (C=O) groups excluding carboxylic acids is 2. The fraction of sp³-hybridized carbons (Fsp3) is 0.172. The van der Waals surface area contributed by atoms with E-state index in [0.717, 1.165) is 0 Å². The molecule has 0 unspecified atom stereocenters. The number of hydrogen-bond donors (Lipinski definition) is 1. The number of carbonyl (C=O) groups is 2. The van der Waals surface area contributed by atoms with Crippen molar-refractivity contribution in [2.45, 2.75) is 6.92 Å². The van der Waals surface area contributed by atoms with Gasteiger partial charge in [0.15, 0.2) is 11.4 Å². The molecule has 5 rings (SSSR count). The zero-order valence-corrected chi connectivity index (χ0v) is 23.0. The molecule has 1 aliphatic rings. The zero-order chi connectivity index (χ0) is 28.2. The summed E-state index contributed by atoms with van der Waals surface area (Å²) < 4.78 is 7.22. The van der Waals surface area contributed by atoms with Crippen LogP contribution in [0.4, 0.5) is 11.4 Å². The van der Waals surface area contributed by atoms with Crippen molar-refractivity contribution in [2.24, 2.45) is 0 Å². The highest BCUT2D eigenvalue weighted by Crippen LogP contribution is 2.30. The lowest BCUT2D eigenvalue weighted by atomic mass is 10.1. The van der Waals surface area contributed by atoms with Crippen molar-refractivity contribution in [3.63, 3.8) is 0 Å². The third-order valence-electron chi connectivity index (χ3n) is 6.43. The summed E-state index contributed by atoms with van der Waals surface area (Å²) in [6.45, 7) is 3.40. The highest BCUT2D eigenvalue weighted by molar-refractivity contribution is 6.31. The molecule has 40 heavy (non-hydrogen) atoms. The third kappa shape index (κ3) is 6.11. The molecule has 0 bridgehead atoms. The second-order valence-corrected chi connectivity index (χ2v) is 10.0. The van der Waals surface area contributed by atoms with Crippen LogP contribution in [0.1, 0.15) is 17.3 Å². The lowest BCUT2D eigenvalue weighted by Crippen LogP contribution is -2.50. The first-order valence-electron chi connectivity index (χ1n) is 12.5. The largest absolute Gasteiger partial charge is 0.453 e. The minimum Gasteiger partial charge on any atom is -0.453 e. The Bertz CT molecular complexity index is 1620. The van der Waals surface area contributed by atoms with Crippen molar-refractivity contribution in [3.05, 3.63) is 105 Å². The topological polar surface area (TPSA) is 96.8 Å². The van der Waals surface area contributed by atoms with E-state index in [1.54, 1.807) is 82.6 Å². The monoisotopic (exact) mass is 577 g/mol. The molecular weight excluding hydrogens is 553 g/mol. The van der Waals surface area contributed by atoms with Gasteiger partial charge in [-0.25, -0.2) is 0 Å². The van der Waals surface area contributed by atoms with Gasteiger partial charge in [0, 0.05) is 54.4 Å². The normalized spacial score (nSPS) is 13.2. The van der Waals surface area contributed by atoms with Gasteiger partial charge in [0.2, 0.25) is 5.91 Å². The fourth-order valence-corrected chi connectivity index (χ4v) is 4.64. The molecule has 2 heterocycles. The van der Waals surface area contributed by atoms with Gasteiger partial charge in [-0.05, 0) is 60.7 Å². The van der Waals surface area contributed by atoms with Crippen molar-refractivity contribution < 1.29 is 14.3 Å². The molecule has 4 aromatic rings. The van der Waals surface area contributed by atoms with Crippen LogP contribution in [-0.4, -0.2) is 57.6 Å². The molecule has 0 atom stereocenters. The number of ether oxygens (including phenoxy) is 1. The minimum atomic E-state index is -0.481. The highest BCUT2D eigenvalue weighted by Gasteiger charge is 2.24. The van der Waals surface area contributed by atoms with Crippen molar-refractivity contribution in [2.75, 3.05) is 31.5 Å². The Morgan fingerprint density at radius 1 is 0.875 bits per heavy atom. The number of halogens is 2. The van der Waals surface area contributed by atoms with E-state index >= 15 is 0 Å². The Hall–Kier alpha value is -4.34. The molecule has 0 saturated carbocycles. The highest BCUT2D eigenvalue weighted by atomic mass is 35.5. The molecule has 1 aromatic heterocycles. The molecule has 0 spiro atoms. The molecule has 2 amide bonds. The second-order valence-electron chi connectivity index (χ2n) is 9.14. The number of anilines is 2. The van der Waals surface area contributed by atoms with Crippen molar-refractivity contribution in [3.8, 4) is 17.2 Å². The molecule has 0 radical (unpaired) electrons. The Kier molecular flexibility index (Phi) is 8.04. The van der Waals surface area contributed by atoms with Crippen molar-refractivity contribution >= 4 is 46.4 Å². The molecule has 204 valence electrons. The predicted molar refractivity (Wildman–Crippen MR) is 154 cm³/mol. The summed E-state index contributed by atoms with van der Waals surface area (Å²) in [6.07, 6.45) is 1.43. The number of nitrogens with zero attached hydrogens (tertiary/aromatic N) is 4. The molecule has 1 fully saturated rings. The predicted octanol–water partition coefficient (Wildman–Crippen LogP) is 5.38.